The predicted molar refractivity (Wildman–Crippen MR) is 67.2 cm³/mol. The molecule has 0 heterocycles. The van der Waals surface area contributed by atoms with Crippen LogP contribution in [0.1, 0.15) is 27.8 Å². The second-order valence-electron chi connectivity index (χ2n) is 3.93. The predicted octanol–water partition coefficient (Wildman–Crippen LogP) is 4.37. The normalized spacial score (nSPS) is 10.4. The first-order chi connectivity index (χ1) is 6.43. The minimum atomic E-state index is 0.931. The number of aryl methyl sites for hydroxylation is 2. The van der Waals surface area contributed by atoms with Crippen molar-refractivity contribution in [1.82, 2.24) is 0 Å². The third-order valence-corrected chi connectivity index (χ3v) is 3.17. The lowest BCUT2D eigenvalue weighted by atomic mass is 9.92. The third kappa shape index (κ3) is 2.27. The quantitative estimate of drug-likeness (QED) is 0.734. The van der Waals surface area contributed by atoms with Crippen molar-refractivity contribution in [3.05, 3.63) is 44.9 Å². The second kappa shape index (κ2) is 4.31. The van der Waals surface area contributed by atoms with Crippen LogP contribution in [0.3, 0.4) is 0 Å². The number of rotatable bonds is 2. The van der Waals surface area contributed by atoms with Gasteiger partial charge in [0.05, 0.1) is 0 Å². The molecule has 1 heteroatoms. The Kier molecular flexibility index (Phi) is 3.54. The molecular weight excluding hydrogens is 236 g/mol. The van der Waals surface area contributed by atoms with Crippen LogP contribution < -0.4 is 0 Å². The summed E-state index contributed by atoms with van der Waals surface area (Å²) < 4.78 is 1.05. The molecule has 0 radical (unpaired) electrons. The summed E-state index contributed by atoms with van der Waals surface area (Å²) in [6, 6.07) is 2.26. The van der Waals surface area contributed by atoms with Crippen molar-refractivity contribution in [3.8, 4) is 0 Å². The molecule has 0 fully saturated rings. The first-order valence-electron chi connectivity index (χ1n) is 4.83. The molecule has 0 saturated heterocycles. The SMILES string of the molecule is C=C(Br)Cc1c(C)c(C)cc(C)c1C. The molecular formula is C13H17Br. The van der Waals surface area contributed by atoms with Crippen LogP contribution in [0.5, 0.6) is 0 Å². The van der Waals surface area contributed by atoms with E-state index >= 15 is 0 Å². The Bertz CT molecular complexity index is 349. The summed E-state index contributed by atoms with van der Waals surface area (Å²) in [5, 5.41) is 0. The van der Waals surface area contributed by atoms with Crippen molar-refractivity contribution in [2.45, 2.75) is 34.1 Å². The van der Waals surface area contributed by atoms with Gasteiger partial charge in [0.15, 0.2) is 0 Å². The van der Waals surface area contributed by atoms with E-state index in [1.807, 2.05) is 0 Å². The molecule has 0 aliphatic carbocycles. The van der Waals surface area contributed by atoms with Gasteiger partial charge in [-0.25, -0.2) is 0 Å². The van der Waals surface area contributed by atoms with Crippen molar-refractivity contribution < 1.29 is 0 Å². The van der Waals surface area contributed by atoms with E-state index in [1.54, 1.807) is 0 Å². The Hall–Kier alpha value is -0.560. The van der Waals surface area contributed by atoms with Gasteiger partial charge in [-0.2, -0.15) is 0 Å². The van der Waals surface area contributed by atoms with E-state index in [0.29, 0.717) is 0 Å². The van der Waals surface area contributed by atoms with Crippen LogP contribution >= 0.6 is 15.9 Å². The maximum Gasteiger partial charge on any atom is 0.00401 e. The van der Waals surface area contributed by atoms with Gasteiger partial charge < -0.3 is 0 Å². The Balaban J connectivity index is 3.31. The Morgan fingerprint density at radius 3 is 1.93 bits per heavy atom. The zero-order chi connectivity index (χ0) is 10.9. The Morgan fingerprint density at radius 1 is 1.14 bits per heavy atom. The maximum atomic E-state index is 3.91. The van der Waals surface area contributed by atoms with E-state index in [1.165, 1.54) is 27.8 Å². The maximum absolute atomic E-state index is 3.91. The van der Waals surface area contributed by atoms with Crippen LogP contribution in [0.2, 0.25) is 0 Å². The lowest BCUT2D eigenvalue weighted by Gasteiger charge is -2.14. The Morgan fingerprint density at radius 2 is 1.57 bits per heavy atom. The first-order valence-corrected chi connectivity index (χ1v) is 5.62. The summed E-state index contributed by atoms with van der Waals surface area (Å²) in [7, 11) is 0. The largest absolute Gasteiger partial charge is 0.0885 e. The topological polar surface area (TPSA) is 0 Å². The summed E-state index contributed by atoms with van der Waals surface area (Å²) in [6.07, 6.45) is 0.931. The minimum absolute atomic E-state index is 0.931. The number of hydrogen-bond donors (Lipinski definition) is 0. The van der Waals surface area contributed by atoms with Crippen molar-refractivity contribution >= 4 is 15.9 Å². The lowest BCUT2D eigenvalue weighted by Crippen LogP contribution is -1.99. The molecule has 0 atom stereocenters. The Labute approximate surface area is 95.2 Å². The second-order valence-corrected chi connectivity index (χ2v) is 5.05. The smallest absolute Gasteiger partial charge is 0.00401 e. The summed E-state index contributed by atoms with van der Waals surface area (Å²) in [5.41, 5.74) is 6.96. The molecule has 1 aromatic rings. The molecule has 1 rings (SSSR count). The van der Waals surface area contributed by atoms with Crippen LogP contribution in [0.25, 0.3) is 0 Å². The summed E-state index contributed by atoms with van der Waals surface area (Å²) in [6.45, 7) is 12.6. The molecule has 0 nitrogen and oxygen atoms in total. The molecule has 0 bridgehead atoms. The summed E-state index contributed by atoms with van der Waals surface area (Å²) in [4.78, 5) is 0. The van der Waals surface area contributed by atoms with Crippen molar-refractivity contribution in [3.63, 3.8) is 0 Å². The average Bonchev–Trinajstić information content (AvgIpc) is 2.09. The fraction of sp³-hybridized carbons (Fsp3) is 0.385. The van der Waals surface area contributed by atoms with Crippen molar-refractivity contribution in [1.29, 1.82) is 0 Å². The summed E-state index contributed by atoms with van der Waals surface area (Å²) >= 11 is 3.43. The molecule has 0 unspecified atom stereocenters. The van der Waals surface area contributed by atoms with Gasteiger partial charge in [0, 0.05) is 6.42 Å². The molecule has 0 saturated carbocycles. The number of benzene rings is 1. The van der Waals surface area contributed by atoms with Gasteiger partial charge in [0.1, 0.15) is 0 Å². The molecule has 0 aromatic heterocycles. The van der Waals surface area contributed by atoms with Crippen LogP contribution in [-0.4, -0.2) is 0 Å². The average molecular weight is 253 g/mol. The molecule has 1 aromatic carbocycles. The number of halogens is 1. The van der Waals surface area contributed by atoms with E-state index in [4.69, 9.17) is 0 Å². The van der Waals surface area contributed by atoms with Crippen LogP contribution in [0.4, 0.5) is 0 Å². The van der Waals surface area contributed by atoms with Gasteiger partial charge in [-0.3, -0.25) is 0 Å². The highest BCUT2D eigenvalue weighted by molar-refractivity contribution is 9.11. The van der Waals surface area contributed by atoms with Crippen LogP contribution in [-0.2, 0) is 6.42 Å². The number of allylic oxidation sites excluding steroid dienone is 1. The highest BCUT2D eigenvalue weighted by Crippen LogP contribution is 2.24. The third-order valence-electron chi connectivity index (χ3n) is 2.89. The molecule has 0 N–H and O–H groups in total. The molecule has 14 heavy (non-hydrogen) atoms. The van der Waals surface area contributed by atoms with Crippen molar-refractivity contribution in [2.75, 3.05) is 0 Å². The summed E-state index contributed by atoms with van der Waals surface area (Å²) in [5.74, 6) is 0. The van der Waals surface area contributed by atoms with E-state index in [0.717, 1.165) is 10.9 Å². The molecule has 0 amide bonds. The molecule has 0 spiro atoms. The molecule has 0 aliphatic heterocycles. The number of hydrogen-bond acceptors (Lipinski definition) is 0. The molecule has 76 valence electrons. The molecule has 0 aliphatic rings. The van der Waals surface area contributed by atoms with E-state index < -0.39 is 0 Å². The van der Waals surface area contributed by atoms with Gasteiger partial charge in [-0.1, -0.05) is 28.6 Å². The van der Waals surface area contributed by atoms with Crippen LogP contribution in [0, 0.1) is 27.7 Å². The first kappa shape index (κ1) is 11.5. The van der Waals surface area contributed by atoms with Crippen molar-refractivity contribution in [2.24, 2.45) is 0 Å². The van der Waals surface area contributed by atoms with Gasteiger partial charge in [0.25, 0.3) is 0 Å². The van der Waals surface area contributed by atoms with Crippen LogP contribution in [0.15, 0.2) is 17.1 Å². The fourth-order valence-corrected chi connectivity index (χ4v) is 2.04. The highest BCUT2D eigenvalue weighted by atomic mass is 79.9. The van der Waals surface area contributed by atoms with E-state index in [-0.39, 0.29) is 0 Å². The van der Waals surface area contributed by atoms with E-state index in [9.17, 15) is 0 Å². The van der Waals surface area contributed by atoms with E-state index in [2.05, 4.69) is 56.3 Å². The zero-order valence-electron chi connectivity index (χ0n) is 9.37. The van der Waals surface area contributed by atoms with Gasteiger partial charge in [0.2, 0.25) is 0 Å². The minimum Gasteiger partial charge on any atom is -0.0885 e. The van der Waals surface area contributed by atoms with Gasteiger partial charge in [-0.15, -0.1) is 0 Å². The lowest BCUT2D eigenvalue weighted by molar-refractivity contribution is 1.11. The fourth-order valence-electron chi connectivity index (χ4n) is 1.76. The standard InChI is InChI=1S/C13H17Br/c1-8-6-9(2)12(5)13(11(8)4)7-10(3)14/h6H,3,7H2,1-2,4-5H3. The highest BCUT2D eigenvalue weighted by Gasteiger charge is 2.08. The monoisotopic (exact) mass is 252 g/mol. The zero-order valence-corrected chi connectivity index (χ0v) is 11.0. The van der Waals surface area contributed by atoms with Gasteiger partial charge >= 0.3 is 0 Å². The van der Waals surface area contributed by atoms with Gasteiger partial charge in [-0.05, 0) is 60.0 Å².